The van der Waals surface area contributed by atoms with Crippen molar-refractivity contribution in [2.45, 2.75) is 37.5 Å². The lowest BCUT2D eigenvalue weighted by Gasteiger charge is -2.27. The van der Waals surface area contributed by atoms with Gasteiger partial charge in [-0.1, -0.05) is 0 Å². The number of nitrogens with one attached hydrogen (secondary N) is 3. The van der Waals surface area contributed by atoms with E-state index in [1.54, 1.807) is 31.4 Å². The number of H-pyrrole nitrogens is 1. The molecule has 6 nitrogen and oxygen atoms in total. The summed E-state index contributed by atoms with van der Waals surface area (Å²) in [6, 6.07) is 5.04. The van der Waals surface area contributed by atoms with E-state index in [1.807, 2.05) is 0 Å². The van der Waals surface area contributed by atoms with E-state index < -0.39 is 5.92 Å². The second-order valence-electron chi connectivity index (χ2n) is 5.94. The number of halogens is 2. The quantitative estimate of drug-likeness (QED) is 0.800. The summed E-state index contributed by atoms with van der Waals surface area (Å²) in [6.45, 7) is 0. The minimum atomic E-state index is -2.56. The maximum Gasteiger partial charge on any atom is 0.260 e. The highest BCUT2D eigenvalue weighted by Crippen LogP contribution is 2.40. The molecule has 2 heterocycles. The average molecular weight is 335 g/mol. The first-order chi connectivity index (χ1) is 11.5. The molecule has 0 atom stereocenters. The molecule has 1 amide bonds. The van der Waals surface area contributed by atoms with Crippen LogP contribution in [0.4, 0.5) is 20.4 Å². The van der Waals surface area contributed by atoms with Crippen molar-refractivity contribution in [2.24, 2.45) is 0 Å². The lowest BCUT2D eigenvalue weighted by Crippen LogP contribution is -2.23. The van der Waals surface area contributed by atoms with Crippen molar-refractivity contribution in [1.29, 1.82) is 0 Å². The molecule has 0 bridgehead atoms. The smallest absolute Gasteiger partial charge is 0.260 e. The zero-order valence-corrected chi connectivity index (χ0v) is 13.3. The van der Waals surface area contributed by atoms with Crippen LogP contribution >= 0.6 is 0 Å². The van der Waals surface area contributed by atoms with Crippen LogP contribution in [-0.2, 0) is 0 Å². The Balaban J connectivity index is 1.67. The number of pyridine rings is 1. The molecule has 0 saturated heterocycles. The van der Waals surface area contributed by atoms with Crippen molar-refractivity contribution < 1.29 is 13.6 Å². The summed E-state index contributed by atoms with van der Waals surface area (Å²) < 4.78 is 26.5. The van der Waals surface area contributed by atoms with Crippen LogP contribution in [0.15, 0.2) is 24.4 Å². The van der Waals surface area contributed by atoms with E-state index in [2.05, 4.69) is 25.8 Å². The predicted octanol–water partition coefficient (Wildman–Crippen LogP) is 3.39. The van der Waals surface area contributed by atoms with Gasteiger partial charge in [-0.3, -0.25) is 9.89 Å². The number of aromatic nitrogens is 3. The van der Waals surface area contributed by atoms with Gasteiger partial charge in [0.05, 0.1) is 5.56 Å². The normalized spacial score (nSPS) is 17.5. The zero-order chi connectivity index (χ0) is 17.2. The van der Waals surface area contributed by atoms with Gasteiger partial charge in [0, 0.05) is 43.8 Å². The van der Waals surface area contributed by atoms with E-state index >= 15 is 0 Å². The van der Waals surface area contributed by atoms with Crippen LogP contribution < -0.4 is 10.6 Å². The Labute approximate surface area is 138 Å². The van der Waals surface area contributed by atoms with E-state index in [1.165, 1.54) is 0 Å². The molecular formula is C16H19F2N5O. The number of aromatic amines is 1. The molecule has 128 valence electrons. The molecule has 1 aliphatic carbocycles. The van der Waals surface area contributed by atoms with Crippen molar-refractivity contribution in [2.75, 3.05) is 17.7 Å². The van der Waals surface area contributed by atoms with Gasteiger partial charge in [-0.05, 0) is 25.0 Å². The fraction of sp³-hybridized carbons (Fsp3) is 0.438. The van der Waals surface area contributed by atoms with Crippen LogP contribution in [0.1, 0.15) is 47.7 Å². The third-order valence-corrected chi connectivity index (χ3v) is 4.29. The maximum absolute atomic E-state index is 13.2. The van der Waals surface area contributed by atoms with E-state index in [-0.39, 0.29) is 24.7 Å². The average Bonchev–Trinajstić information content (AvgIpc) is 3.03. The van der Waals surface area contributed by atoms with Gasteiger partial charge in [0.1, 0.15) is 5.82 Å². The first kappa shape index (κ1) is 16.4. The van der Waals surface area contributed by atoms with Gasteiger partial charge in [-0.25, -0.2) is 13.8 Å². The second kappa shape index (κ2) is 6.54. The highest BCUT2D eigenvalue weighted by molar-refractivity contribution is 6.07. The van der Waals surface area contributed by atoms with E-state index in [0.29, 0.717) is 30.0 Å². The third kappa shape index (κ3) is 3.52. The molecule has 0 aromatic carbocycles. The highest BCUT2D eigenvalue weighted by atomic mass is 19.3. The lowest BCUT2D eigenvalue weighted by atomic mass is 9.85. The Morgan fingerprint density at radius 3 is 2.83 bits per heavy atom. The number of carbonyl (C=O) groups is 1. The fourth-order valence-corrected chi connectivity index (χ4v) is 2.93. The summed E-state index contributed by atoms with van der Waals surface area (Å²) in [6.07, 6.45) is 2.19. The molecule has 3 rings (SSSR count). The van der Waals surface area contributed by atoms with Crippen LogP contribution in [0.25, 0.3) is 0 Å². The molecule has 0 radical (unpaired) electrons. The minimum absolute atomic E-state index is 0.0223. The molecule has 0 spiro atoms. The van der Waals surface area contributed by atoms with Crippen LogP contribution in [-0.4, -0.2) is 34.1 Å². The number of nitrogens with zero attached hydrogens (tertiary/aromatic N) is 2. The molecule has 1 fully saturated rings. The highest BCUT2D eigenvalue weighted by Gasteiger charge is 2.35. The minimum Gasteiger partial charge on any atom is -0.372 e. The molecule has 1 saturated carbocycles. The van der Waals surface area contributed by atoms with Gasteiger partial charge < -0.3 is 10.6 Å². The maximum atomic E-state index is 13.2. The molecule has 24 heavy (non-hydrogen) atoms. The van der Waals surface area contributed by atoms with Crippen LogP contribution in [0.5, 0.6) is 0 Å². The van der Waals surface area contributed by atoms with Crippen molar-refractivity contribution in [1.82, 2.24) is 15.2 Å². The first-order valence-electron chi connectivity index (χ1n) is 7.86. The van der Waals surface area contributed by atoms with E-state index in [4.69, 9.17) is 0 Å². The summed E-state index contributed by atoms with van der Waals surface area (Å²) in [4.78, 5) is 16.4. The van der Waals surface area contributed by atoms with Crippen LogP contribution in [0.2, 0.25) is 0 Å². The van der Waals surface area contributed by atoms with Gasteiger partial charge in [-0.2, -0.15) is 5.10 Å². The SMILES string of the molecule is CNc1ncccc1C(=O)Nc1cc(C2CCC(F)(F)CC2)[nH]n1. The van der Waals surface area contributed by atoms with Crippen LogP contribution in [0, 0.1) is 0 Å². The van der Waals surface area contributed by atoms with E-state index in [0.717, 1.165) is 5.69 Å². The van der Waals surface area contributed by atoms with Gasteiger partial charge in [0.25, 0.3) is 5.91 Å². The number of hydrogen-bond donors (Lipinski definition) is 3. The number of carbonyl (C=O) groups excluding carboxylic acids is 1. The summed E-state index contributed by atoms with van der Waals surface area (Å²) in [5.41, 5.74) is 1.18. The van der Waals surface area contributed by atoms with Crippen molar-refractivity contribution >= 4 is 17.5 Å². The van der Waals surface area contributed by atoms with Crippen molar-refractivity contribution in [3.63, 3.8) is 0 Å². The number of amides is 1. The standard InChI is InChI=1S/C16H19F2N5O/c1-19-14-11(3-2-8-20-14)15(24)21-13-9-12(22-23-13)10-4-6-16(17,18)7-5-10/h2-3,8-10H,4-7H2,1H3,(H,19,20)(H2,21,22,23,24). The van der Waals surface area contributed by atoms with E-state index in [9.17, 15) is 13.6 Å². The number of alkyl halides is 2. The zero-order valence-electron chi connectivity index (χ0n) is 13.3. The molecular weight excluding hydrogens is 316 g/mol. The summed E-state index contributed by atoms with van der Waals surface area (Å²) in [5, 5.41) is 12.5. The van der Waals surface area contributed by atoms with Gasteiger partial charge >= 0.3 is 0 Å². The van der Waals surface area contributed by atoms with Gasteiger partial charge in [-0.15, -0.1) is 0 Å². The Morgan fingerprint density at radius 2 is 2.12 bits per heavy atom. The van der Waals surface area contributed by atoms with Gasteiger partial charge in [0.15, 0.2) is 5.82 Å². The Hall–Kier alpha value is -2.51. The Bertz CT molecular complexity index is 721. The van der Waals surface area contributed by atoms with Gasteiger partial charge in [0.2, 0.25) is 5.92 Å². The fourth-order valence-electron chi connectivity index (χ4n) is 2.93. The van der Waals surface area contributed by atoms with Crippen LogP contribution in [0.3, 0.4) is 0 Å². The summed E-state index contributed by atoms with van der Waals surface area (Å²) >= 11 is 0. The van der Waals surface area contributed by atoms with Crippen molar-refractivity contribution in [3.05, 3.63) is 35.7 Å². The number of rotatable bonds is 4. The lowest BCUT2D eigenvalue weighted by molar-refractivity contribution is -0.0384. The largest absolute Gasteiger partial charge is 0.372 e. The molecule has 0 unspecified atom stereocenters. The first-order valence-corrected chi connectivity index (χ1v) is 7.86. The monoisotopic (exact) mass is 335 g/mol. The van der Waals surface area contributed by atoms with Crippen molar-refractivity contribution in [3.8, 4) is 0 Å². The topological polar surface area (TPSA) is 82.7 Å². The number of hydrogen-bond acceptors (Lipinski definition) is 4. The second-order valence-corrected chi connectivity index (χ2v) is 5.94. The molecule has 0 aliphatic heterocycles. The summed E-state index contributed by atoms with van der Waals surface area (Å²) in [5.74, 6) is -2.02. The molecule has 8 heteroatoms. The number of anilines is 2. The third-order valence-electron chi connectivity index (χ3n) is 4.29. The summed E-state index contributed by atoms with van der Waals surface area (Å²) in [7, 11) is 1.69. The Kier molecular flexibility index (Phi) is 4.46. The predicted molar refractivity (Wildman–Crippen MR) is 86.5 cm³/mol. The molecule has 3 N–H and O–H groups in total. The Morgan fingerprint density at radius 1 is 1.38 bits per heavy atom. The molecule has 1 aliphatic rings. The molecule has 2 aromatic rings. The molecule has 2 aromatic heterocycles.